The van der Waals surface area contributed by atoms with Crippen LogP contribution in [0.3, 0.4) is 0 Å². The third-order valence-corrected chi connectivity index (χ3v) is 7.77. The standard InChI is InChI=1S/C32H25Cl2N3O3/c33-23-15-22(16-24(34)17-23)28-18-30(27-7-3-5-19-4-1-2-6-25(19)27)37(36-28)29-11-9-20-14-21(8-10-26(20)29)32(40)35-13-12-31(38)39/h1-8,10,14-18,29H,9,11-13H2,(H,35,40)(H,38,39). The molecule has 5 aromatic rings. The molecule has 1 atom stereocenters. The zero-order valence-corrected chi connectivity index (χ0v) is 22.9. The number of carboxylic acids is 1. The molecule has 0 saturated heterocycles. The minimum absolute atomic E-state index is 0.0310. The average molecular weight is 570 g/mol. The minimum atomic E-state index is -0.947. The lowest BCUT2D eigenvalue weighted by Gasteiger charge is -2.18. The highest BCUT2D eigenvalue weighted by Gasteiger charge is 2.29. The van der Waals surface area contributed by atoms with Crippen LogP contribution in [0.1, 0.15) is 40.4 Å². The van der Waals surface area contributed by atoms with E-state index < -0.39 is 5.97 Å². The maximum absolute atomic E-state index is 12.6. The van der Waals surface area contributed by atoms with E-state index in [9.17, 15) is 9.59 Å². The van der Waals surface area contributed by atoms with Crippen LogP contribution in [0.25, 0.3) is 33.3 Å². The SMILES string of the molecule is O=C(O)CCNC(=O)c1ccc2c(c1)CCC2n1nc(-c2cc(Cl)cc(Cl)c2)cc1-c1cccc2ccccc12. The van der Waals surface area contributed by atoms with E-state index in [1.54, 1.807) is 12.1 Å². The van der Waals surface area contributed by atoms with E-state index in [4.69, 9.17) is 33.4 Å². The molecule has 1 aliphatic carbocycles. The smallest absolute Gasteiger partial charge is 0.305 e. The molecule has 1 heterocycles. The van der Waals surface area contributed by atoms with Gasteiger partial charge in [0.1, 0.15) is 0 Å². The normalized spacial score (nSPS) is 14.3. The van der Waals surface area contributed by atoms with Crippen LogP contribution in [0, 0.1) is 0 Å². The van der Waals surface area contributed by atoms with Crippen LogP contribution in [0.15, 0.2) is 84.9 Å². The topological polar surface area (TPSA) is 84.2 Å². The van der Waals surface area contributed by atoms with Gasteiger partial charge in [0.2, 0.25) is 0 Å². The molecule has 1 aliphatic rings. The summed E-state index contributed by atoms with van der Waals surface area (Å²) >= 11 is 12.7. The first-order valence-corrected chi connectivity index (χ1v) is 13.8. The Morgan fingerprint density at radius 3 is 2.52 bits per heavy atom. The van der Waals surface area contributed by atoms with Gasteiger partial charge in [-0.05, 0) is 71.1 Å². The van der Waals surface area contributed by atoms with Crippen molar-refractivity contribution < 1.29 is 14.7 Å². The Balaban J connectivity index is 1.43. The molecular formula is C32H25Cl2N3O3. The average Bonchev–Trinajstić information content (AvgIpc) is 3.56. The lowest BCUT2D eigenvalue weighted by molar-refractivity contribution is -0.136. The number of hydrogen-bond donors (Lipinski definition) is 2. The molecule has 0 fully saturated rings. The summed E-state index contributed by atoms with van der Waals surface area (Å²) in [5.41, 5.74) is 6.39. The van der Waals surface area contributed by atoms with E-state index in [1.807, 2.05) is 36.4 Å². The van der Waals surface area contributed by atoms with Gasteiger partial charge in [-0.2, -0.15) is 5.10 Å². The van der Waals surface area contributed by atoms with Crippen molar-refractivity contribution >= 4 is 45.9 Å². The number of nitrogens with zero attached hydrogens (tertiary/aromatic N) is 2. The summed E-state index contributed by atoms with van der Waals surface area (Å²) < 4.78 is 2.09. The van der Waals surface area contributed by atoms with E-state index in [0.29, 0.717) is 15.6 Å². The van der Waals surface area contributed by atoms with E-state index in [2.05, 4.69) is 46.4 Å². The van der Waals surface area contributed by atoms with E-state index in [0.717, 1.165) is 57.3 Å². The summed E-state index contributed by atoms with van der Waals surface area (Å²) in [6.07, 6.45) is 1.51. The molecule has 1 unspecified atom stereocenters. The maximum Gasteiger partial charge on any atom is 0.305 e. The highest BCUT2D eigenvalue weighted by molar-refractivity contribution is 6.35. The van der Waals surface area contributed by atoms with Crippen molar-refractivity contribution in [3.05, 3.63) is 112 Å². The molecule has 6 nitrogen and oxygen atoms in total. The van der Waals surface area contributed by atoms with Crippen LogP contribution < -0.4 is 5.32 Å². The molecule has 0 spiro atoms. The van der Waals surface area contributed by atoms with E-state index in [-0.39, 0.29) is 24.9 Å². The number of aliphatic carboxylic acids is 1. The monoisotopic (exact) mass is 569 g/mol. The molecule has 0 aliphatic heterocycles. The van der Waals surface area contributed by atoms with Crippen LogP contribution in [0.5, 0.6) is 0 Å². The van der Waals surface area contributed by atoms with Gasteiger partial charge < -0.3 is 10.4 Å². The van der Waals surface area contributed by atoms with Crippen LogP contribution in [0.2, 0.25) is 10.0 Å². The zero-order valence-electron chi connectivity index (χ0n) is 21.4. The number of hydrogen-bond acceptors (Lipinski definition) is 3. The van der Waals surface area contributed by atoms with Crippen LogP contribution in [-0.4, -0.2) is 33.3 Å². The van der Waals surface area contributed by atoms with Gasteiger partial charge >= 0.3 is 5.97 Å². The first-order valence-electron chi connectivity index (χ1n) is 13.0. The zero-order chi connectivity index (χ0) is 27.8. The van der Waals surface area contributed by atoms with Gasteiger partial charge in [-0.15, -0.1) is 0 Å². The molecule has 0 saturated carbocycles. The number of aromatic nitrogens is 2. The number of benzene rings is 4. The van der Waals surface area contributed by atoms with Gasteiger partial charge in [0.15, 0.2) is 0 Å². The van der Waals surface area contributed by atoms with Crippen molar-refractivity contribution in [2.24, 2.45) is 0 Å². The summed E-state index contributed by atoms with van der Waals surface area (Å²) in [6.45, 7) is 0.0891. The Labute approximate surface area is 241 Å². The second kappa shape index (κ2) is 10.8. The quantitative estimate of drug-likeness (QED) is 0.213. The Kier molecular flexibility index (Phi) is 7.05. The Morgan fingerprint density at radius 1 is 0.950 bits per heavy atom. The number of amides is 1. The summed E-state index contributed by atoms with van der Waals surface area (Å²) in [5.74, 6) is -1.22. The minimum Gasteiger partial charge on any atom is -0.481 e. The van der Waals surface area contributed by atoms with Crippen molar-refractivity contribution in [3.63, 3.8) is 0 Å². The number of carboxylic acid groups (broad SMARTS) is 1. The number of carbonyl (C=O) groups is 2. The van der Waals surface area contributed by atoms with E-state index in [1.165, 1.54) is 0 Å². The third kappa shape index (κ3) is 5.08. The number of fused-ring (bicyclic) bond motifs is 2. The maximum atomic E-state index is 12.6. The molecule has 40 heavy (non-hydrogen) atoms. The fraction of sp³-hybridized carbons (Fsp3) is 0.156. The van der Waals surface area contributed by atoms with Crippen molar-refractivity contribution in [1.82, 2.24) is 15.1 Å². The lowest BCUT2D eigenvalue weighted by Crippen LogP contribution is -2.26. The molecular weight excluding hydrogens is 545 g/mol. The van der Waals surface area contributed by atoms with Crippen molar-refractivity contribution in [2.75, 3.05) is 6.54 Å². The van der Waals surface area contributed by atoms with Gasteiger partial charge in [-0.25, -0.2) is 0 Å². The van der Waals surface area contributed by atoms with Crippen molar-refractivity contribution in [1.29, 1.82) is 0 Å². The fourth-order valence-corrected chi connectivity index (χ4v) is 6.03. The molecule has 6 rings (SSSR count). The molecule has 1 aromatic heterocycles. The summed E-state index contributed by atoms with van der Waals surface area (Å²) in [7, 11) is 0. The second-order valence-electron chi connectivity index (χ2n) is 9.91. The predicted molar refractivity (Wildman–Crippen MR) is 158 cm³/mol. The molecule has 2 N–H and O–H groups in total. The fourth-order valence-electron chi connectivity index (χ4n) is 5.50. The summed E-state index contributed by atoms with van der Waals surface area (Å²) in [4.78, 5) is 23.4. The molecule has 4 aromatic carbocycles. The Hall–Kier alpha value is -4.13. The van der Waals surface area contributed by atoms with Gasteiger partial charge in [0, 0.05) is 33.3 Å². The van der Waals surface area contributed by atoms with Crippen LogP contribution in [0.4, 0.5) is 0 Å². The van der Waals surface area contributed by atoms with Crippen molar-refractivity contribution in [2.45, 2.75) is 25.3 Å². The van der Waals surface area contributed by atoms with Gasteiger partial charge in [-0.1, -0.05) is 71.7 Å². The molecule has 0 bridgehead atoms. The Morgan fingerprint density at radius 2 is 1.73 bits per heavy atom. The summed E-state index contributed by atoms with van der Waals surface area (Å²) in [6, 6.07) is 27.8. The lowest BCUT2D eigenvalue weighted by atomic mass is 10.00. The first-order chi connectivity index (χ1) is 19.4. The van der Waals surface area contributed by atoms with Crippen LogP contribution in [-0.2, 0) is 11.2 Å². The predicted octanol–water partition coefficient (Wildman–Crippen LogP) is 7.42. The summed E-state index contributed by atoms with van der Waals surface area (Å²) in [5, 5.41) is 20.0. The largest absolute Gasteiger partial charge is 0.481 e. The number of halogens is 2. The highest BCUT2D eigenvalue weighted by atomic mass is 35.5. The van der Waals surface area contributed by atoms with Gasteiger partial charge in [0.05, 0.1) is 23.9 Å². The molecule has 8 heteroatoms. The van der Waals surface area contributed by atoms with Crippen molar-refractivity contribution in [3.8, 4) is 22.5 Å². The second-order valence-corrected chi connectivity index (χ2v) is 10.8. The first kappa shape index (κ1) is 26.1. The van der Waals surface area contributed by atoms with Gasteiger partial charge in [-0.3, -0.25) is 14.3 Å². The molecule has 200 valence electrons. The third-order valence-electron chi connectivity index (χ3n) is 7.33. The Bertz CT molecular complexity index is 1750. The van der Waals surface area contributed by atoms with Crippen LogP contribution >= 0.6 is 23.2 Å². The molecule has 0 radical (unpaired) electrons. The number of rotatable bonds is 7. The van der Waals surface area contributed by atoms with E-state index >= 15 is 0 Å². The molecule has 1 amide bonds. The number of aryl methyl sites for hydroxylation is 1. The number of nitrogens with one attached hydrogen (secondary N) is 1. The number of carbonyl (C=O) groups excluding carboxylic acids is 1. The highest BCUT2D eigenvalue weighted by Crippen LogP contribution is 2.41. The van der Waals surface area contributed by atoms with Gasteiger partial charge in [0.25, 0.3) is 5.91 Å².